The number of piperazine rings is 1. The van der Waals surface area contributed by atoms with Crippen molar-refractivity contribution in [3.05, 3.63) is 77.7 Å². The monoisotopic (exact) mass is 520 g/mol. The second kappa shape index (κ2) is 10.4. The van der Waals surface area contributed by atoms with Gasteiger partial charge in [0.2, 0.25) is 0 Å². The van der Waals surface area contributed by atoms with Gasteiger partial charge in [0.25, 0.3) is 0 Å². The number of hydrogen-bond donors (Lipinski definition) is 2. The topological polar surface area (TPSA) is 113 Å². The van der Waals surface area contributed by atoms with Gasteiger partial charge in [-0.3, -0.25) is 9.88 Å². The minimum Gasteiger partial charge on any atom is -0.465 e. The molecule has 1 aliphatic rings. The van der Waals surface area contributed by atoms with Crippen molar-refractivity contribution in [2.45, 2.75) is 19.6 Å². The van der Waals surface area contributed by atoms with Crippen molar-refractivity contribution >= 4 is 46.3 Å². The van der Waals surface area contributed by atoms with Crippen molar-refractivity contribution in [1.82, 2.24) is 19.4 Å². The molecule has 1 saturated heterocycles. The summed E-state index contributed by atoms with van der Waals surface area (Å²) >= 11 is 6.25. The third-order valence-electron chi connectivity index (χ3n) is 6.27. The summed E-state index contributed by atoms with van der Waals surface area (Å²) in [5.74, 6) is 0.599. The molecule has 0 spiro atoms. The number of nitrogens with zero attached hydrogens (tertiary/aromatic N) is 5. The molecule has 0 saturated carbocycles. The van der Waals surface area contributed by atoms with Crippen LogP contribution in [0.1, 0.15) is 12.5 Å². The Hall–Kier alpha value is -4.31. The van der Waals surface area contributed by atoms with E-state index in [0.717, 1.165) is 11.3 Å². The van der Waals surface area contributed by atoms with Crippen LogP contribution in [0, 0.1) is 0 Å². The number of carboxylic acid groups (broad SMARTS) is 1. The average molecular weight is 521 g/mol. The molecule has 11 heteroatoms. The van der Waals surface area contributed by atoms with E-state index in [4.69, 9.17) is 16.3 Å². The Morgan fingerprint density at radius 2 is 1.95 bits per heavy atom. The van der Waals surface area contributed by atoms with Crippen LogP contribution >= 0.6 is 11.6 Å². The first-order valence-electron chi connectivity index (χ1n) is 11.7. The van der Waals surface area contributed by atoms with Crippen LogP contribution in [0.3, 0.4) is 0 Å². The second-order valence-electron chi connectivity index (χ2n) is 8.75. The summed E-state index contributed by atoms with van der Waals surface area (Å²) in [4.78, 5) is 36.8. The van der Waals surface area contributed by atoms with E-state index in [2.05, 4.69) is 15.3 Å². The van der Waals surface area contributed by atoms with Gasteiger partial charge in [-0.15, -0.1) is 0 Å². The molecular formula is C26H25ClN6O4. The van der Waals surface area contributed by atoms with Crippen LogP contribution in [-0.4, -0.2) is 62.4 Å². The predicted octanol–water partition coefficient (Wildman–Crippen LogP) is 5.01. The van der Waals surface area contributed by atoms with E-state index in [9.17, 15) is 14.7 Å². The van der Waals surface area contributed by atoms with Gasteiger partial charge in [-0.25, -0.2) is 19.6 Å². The molecule has 0 bridgehead atoms. The fourth-order valence-corrected chi connectivity index (χ4v) is 4.68. The SMILES string of the molecule is C[C@H]1CN(C(=O)O)CCN1c1ncnc2c1c(NC(=O)OCc1ccccc1)cn2-c1cccc(Cl)c1. The first kappa shape index (κ1) is 24.4. The smallest absolute Gasteiger partial charge is 0.412 e. The van der Waals surface area contributed by atoms with Gasteiger partial charge in [-0.05, 0) is 30.7 Å². The summed E-state index contributed by atoms with van der Waals surface area (Å²) < 4.78 is 7.29. The first-order valence-corrected chi connectivity index (χ1v) is 12.1. The third-order valence-corrected chi connectivity index (χ3v) is 6.50. The zero-order valence-electron chi connectivity index (χ0n) is 20.0. The maximum Gasteiger partial charge on any atom is 0.412 e. The number of carbonyl (C=O) groups is 2. The van der Waals surface area contributed by atoms with E-state index in [-0.39, 0.29) is 12.6 Å². The highest BCUT2D eigenvalue weighted by Crippen LogP contribution is 2.36. The lowest BCUT2D eigenvalue weighted by Gasteiger charge is -2.39. The largest absolute Gasteiger partial charge is 0.465 e. The number of ether oxygens (including phenoxy) is 1. The molecule has 1 atom stereocenters. The number of amides is 2. The van der Waals surface area contributed by atoms with Gasteiger partial charge < -0.3 is 19.6 Å². The van der Waals surface area contributed by atoms with E-state index in [1.807, 2.05) is 58.9 Å². The number of nitrogens with one attached hydrogen (secondary N) is 1. The Morgan fingerprint density at radius 3 is 2.68 bits per heavy atom. The molecule has 2 aromatic heterocycles. The molecule has 0 unspecified atom stereocenters. The molecule has 1 aliphatic heterocycles. The quantitative estimate of drug-likeness (QED) is 0.380. The fourth-order valence-electron chi connectivity index (χ4n) is 4.50. The van der Waals surface area contributed by atoms with Gasteiger partial charge >= 0.3 is 12.2 Å². The predicted molar refractivity (Wildman–Crippen MR) is 141 cm³/mol. The molecule has 190 valence electrons. The molecule has 1 fully saturated rings. The van der Waals surface area contributed by atoms with Crippen molar-refractivity contribution in [2.75, 3.05) is 29.9 Å². The average Bonchev–Trinajstić information content (AvgIpc) is 3.26. The molecule has 0 aliphatic carbocycles. The van der Waals surface area contributed by atoms with Crippen molar-refractivity contribution in [3.8, 4) is 5.69 Å². The van der Waals surface area contributed by atoms with E-state index in [1.165, 1.54) is 11.2 Å². The lowest BCUT2D eigenvalue weighted by atomic mass is 10.1. The van der Waals surface area contributed by atoms with E-state index in [0.29, 0.717) is 47.2 Å². The highest BCUT2D eigenvalue weighted by Gasteiger charge is 2.30. The third kappa shape index (κ3) is 5.14. The van der Waals surface area contributed by atoms with E-state index in [1.54, 1.807) is 18.3 Å². The number of hydrogen-bond acceptors (Lipinski definition) is 6. The maximum atomic E-state index is 12.8. The Kier molecular flexibility index (Phi) is 6.82. The summed E-state index contributed by atoms with van der Waals surface area (Å²) in [5, 5.41) is 13.5. The molecule has 4 aromatic rings. The summed E-state index contributed by atoms with van der Waals surface area (Å²) in [5.41, 5.74) is 2.67. The van der Waals surface area contributed by atoms with Crippen molar-refractivity contribution in [2.24, 2.45) is 0 Å². The van der Waals surface area contributed by atoms with Crippen molar-refractivity contribution in [1.29, 1.82) is 0 Å². The first-order chi connectivity index (χ1) is 17.9. The van der Waals surface area contributed by atoms with Gasteiger partial charge in [0.05, 0.1) is 11.1 Å². The van der Waals surface area contributed by atoms with Crippen LogP contribution in [0.4, 0.5) is 21.1 Å². The van der Waals surface area contributed by atoms with Crippen LogP contribution in [0.5, 0.6) is 0 Å². The molecule has 2 N–H and O–H groups in total. The van der Waals surface area contributed by atoms with Crippen LogP contribution in [0.2, 0.25) is 5.02 Å². The number of halogens is 1. The fraction of sp³-hybridized carbons (Fsp3) is 0.231. The summed E-state index contributed by atoms with van der Waals surface area (Å²) in [7, 11) is 0. The number of anilines is 2. The highest BCUT2D eigenvalue weighted by molar-refractivity contribution is 6.30. The second-order valence-corrected chi connectivity index (χ2v) is 9.18. The zero-order valence-corrected chi connectivity index (χ0v) is 20.8. The minimum atomic E-state index is -0.949. The van der Waals surface area contributed by atoms with Gasteiger partial charge in [-0.1, -0.05) is 48.0 Å². The molecular weight excluding hydrogens is 496 g/mol. The summed E-state index contributed by atoms with van der Waals surface area (Å²) in [6.45, 7) is 3.18. The van der Waals surface area contributed by atoms with E-state index < -0.39 is 12.2 Å². The van der Waals surface area contributed by atoms with Crippen LogP contribution in [0.25, 0.3) is 16.7 Å². The van der Waals surface area contributed by atoms with Crippen molar-refractivity contribution in [3.63, 3.8) is 0 Å². The lowest BCUT2D eigenvalue weighted by molar-refractivity contribution is 0.136. The molecule has 3 heterocycles. The highest BCUT2D eigenvalue weighted by atomic mass is 35.5. The normalized spacial score (nSPS) is 15.6. The number of benzene rings is 2. The molecule has 37 heavy (non-hydrogen) atoms. The van der Waals surface area contributed by atoms with Gasteiger partial charge in [0.15, 0.2) is 5.65 Å². The number of carbonyl (C=O) groups excluding carboxylic acids is 1. The molecule has 10 nitrogen and oxygen atoms in total. The molecule has 2 amide bonds. The maximum absolute atomic E-state index is 12.8. The standard InChI is InChI=1S/C26H25ClN6O4/c1-17-13-31(26(35)36)10-11-32(17)23-22-21(30-25(34)37-15-18-6-3-2-4-7-18)14-33(24(22)29-16-28-23)20-9-5-8-19(27)12-20/h2-9,12,14,16-17H,10-11,13,15H2,1H3,(H,30,34)(H,35,36)/t17-/m0/s1. The molecule has 0 radical (unpaired) electrons. The molecule has 5 rings (SSSR count). The zero-order chi connectivity index (χ0) is 25.9. The summed E-state index contributed by atoms with van der Waals surface area (Å²) in [6, 6.07) is 16.6. The van der Waals surface area contributed by atoms with Gasteiger partial charge in [0, 0.05) is 42.6 Å². The Morgan fingerprint density at radius 1 is 1.14 bits per heavy atom. The van der Waals surface area contributed by atoms with Crippen molar-refractivity contribution < 1.29 is 19.4 Å². The number of aromatic nitrogens is 3. The molecule has 2 aromatic carbocycles. The van der Waals surface area contributed by atoms with Crippen LogP contribution < -0.4 is 10.2 Å². The number of fused-ring (bicyclic) bond motifs is 1. The van der Waals surface area contributed by atoms with Crippen LogP contribution in [0.15, 0.2) is 67.1 Å². The Balaban J connectivity index is 1.52. The summed E-state index contributed by atoms with van der Waals surface area (Å²) in [6.07, 6.45) is 1.66. The number of rotatable bonds is 5. The van der Waals surface area contributed by atoms with Gasteiger partial charge in [0.1, 0.15) is 18.8 Å². The minimum absolute atomic E-state index is 0.122. The van der Waals surface area contributed by atoms with Gasteiger partial charge in [-0.2, -0.15) is 0 Å². The lowest BCUT2D eigenvalue weighted by Crippen LogP contribution is -2.53. The Bertz CT molecular complexity index is 1440. The van der Waals surface area contributed by atoms with E-state index >= 15 is 0 Å². The van der Waals surface area contributed by atoms with Crippen LogP contribution in [-0.2, 0) is 11.3 Å². The Labute approximate surface area is 218 Å².